The number of benzene rings is 1. The summed E-state index contributed by atoms with van der Waals surface area (Å²) in [5, 5.41) is 0. The summed E-state index contributed by atoms with van der Waals surface area (Å²) in [6.45, 7) is 5.28. The lowest BCUT2D eigenvalue weighted by atomic mass is 9.78. The number of rotatable bonds is 3. The fraction of sp³-hybridized carbons (Fsp3) is 0.682. The number of morpholine rings is 1. The monoisotopic (exact) mass is 420 g/mol. The Morgan fingerprint density at radius 2 is 1.59 bits per heavy atom. The number of hydrogen-bond acceptors (Lipinski definition) is 4. The van der Waals surface area contributed by atoms with E-state index in [4.69, 9.17) is 4.74 Å². The Labute approximate surface area is 174 Å². The van der Waals surface area contributed by atoms with E-state index in [1.54, 1.807) is 24.3 Å². The number of hydrogen-bond donors (Lipinski definition) is 0. The first-order chi connectivity index (χ1) is 13.9. The van der Waals surface area contributed by atoms with Crippen molar-refractivity contribution in [3.05, 3.63) is 29.8 Å². The number of likely N-dealkylation sites (tertiary alicyclic amines) is 1. The molecule has 3 aliphatic rings. The quantitative estimate of drug-likeness (QED) is 0.753. The maximum Gasteiger partial charge on any atom is 0.254 e. The molecule has 2 aliphatic heterocycles. The average Bonchev–Trinajstić information content (AvgIpc) is 2.72. The third-order valence-electron chi connectivity index (χ3n) is 6.63. The summed E-state index contributed by atoms with van der Waals surface area (Å²) in [6, 6.07) is 6.86. The number of piperidine rings is 1. The van der Waals surface area contributed by atoms with Gasteiger partial charge in [0.2, 0.25) is 10.0 Å². The predicted molar refractivity (Wildman–Crippen MR) is 111 cm³/mol. The van der Waals surface area contributed by atoms with Gasteiger partial charge in [-0.1, -0.05) is 12.8 Å². The Morgan fingerprint density at radius 1 is 0.966 bits per heavy atom. The molecule has 160 valence electrons. The van der Waals surface area contributed by atoms with Crippen LogP contribution in [0.15, 0.2) is 29.2 Å². The van der Waals surface area contributed by atoms with Crippen LogP contribution in [0.1, 0.15) is 62.7 Å². The molecule has 1 aromatic rings. The van der Waals surface area contributed by atoms with Crippen LogP contribution in [-0.2, 0) is 14.8 Å². The second kappa shape index (κ2) is 8.36. The maximum absolute atomic E-state index is 13.2. The van der Waals surface area contributed by atoms with Gasteiger partial charge < -0.3 is 9.64 Å². The summed E-state index contributed by atoms with van der Waals surface area (Å²) in [4.78, 5) is 15.4. The zero-order chi connectivity index (χ0) is 20.6. The first-order valence-corrected chi connectivity index (χ1v) is 12.4. The number of ether oxygens (including phenoxy) is 1. The van der Waals surface area contributed by atoms with Crippen LogP contribution in [-0.4, -0.2) is 61.4 Å². The molecule has 0 bridgehead atoms. The van der Waals surface area contributed by atoms with E-state index in [0.717, 1.165) is 19.4 Å². The molecule has 1 amide bonds. The summed E-state index contributed by atoms with van der Waals surface area (Å²) in [7, 11) is -3.59. The zero-order valence-electron chi connectivity index (χ0n) is 17.4. The lowest BCUT2D eigenvalue weighted by Gasteiger charge is -2.44. The third-order valence-corrected chi connectivity index (χ3v) is 8.48. The van der Waals surface area contributed by atoms with E-state index in [0.29, 0.717) is 30.6 Å². The number of nitrogens with zero attached hydrogens (tertiary/aromatic N) is 2. The smallest absolute Gasteiger partial charge is 0.254 e. The highest BCUT2D eigenvalue weighted by molar-refractivity contribution is 7.89. The molecule has 0 N–H and O–H groups in total. The molecule has 1 aromatic carbocycles. The number of carbonyl (C=O) groups excluding carboxylic acids is 1. The van der Waals surface area contributed by atoms with Crippen LogP contribution < -0.4 is 0 Å². The largest absolute Gasteiger partial charge is 0.373 e. The minimum Gasteiger partial charge on any atom is -0.373 e. The lowest BCUT2D eigenvalue weighted by molar-refractivity contribution is -0.0440. The maximum atomic E-state index is 13.2. The molecular formula is C22H32N2O4S. The minimum atomic E-state index is -3.59. The van der Waals surface area contributed by atoms with Gasteiger partial charge in [-0.25, -0.2) is 8.42 Å². The van der Waals surface area contributed by atoms with E-state index in [1.807, 2.05) is 18.7 Å². The highest BCUT2D eigenvalue weighted by atomic mass is 32.2. The highest BCUT2D eigenvalue weighted by Gasteiger charge is 2.36. The van der Waals surface area contributed by atoms with Crippen molar-refractivity contribution in [3.63, 3.8) is 0 Å². The molecule has 2 heterocycles. The van der Waals surface area contributed by atoms with Gasteiger partial charge in [0.1, 0.15) is 0 Å². The van der Waals surface area contributed by atoms with Crippen LogP contribution in [0.4, 0.5) is 0 Å². The van der Waals surface area contributed by atoms with Crippen LogP contribution in [0.25, 0.3) is 0 Å². The van der Waals surface area contributed by atoms with Crippen molar-refractivity contribution in [2.45, 2.75) is 75.5 Å². The average molecular weight is 421 g/mol. The molecule has 0 unspecified atom stereocenters. The van der Waals surface area contributed by atoms with Gasteiger partial charge in [-0.15, -0.1) is 0 Å². The summed E-state index contributed by atoms with van der Waals surface area (Å²) in [5.74, 6) is 0.672. The van der Waals surface area contributed by atoms with Crippen LogP contribution >= 0.6 is 0 Å². The van der Waals surface area contributed by atoms with Crippen molar-refractivity contribution in [1.29, 1.82) is 0 Å². The second-order valence-electron chi connectivity index (χ2n) is 8.86. The predicted octanol–water partition coefficient (Wildman–Crippen LogP) is 3.28. The highest BCUT2D eigenvalue weighted by Crippen LogP contribution is 2.36. The van der Waals surface area contributed by atoms with Crippen molar-refractivity contribution < 1.29 is 17.9 Å². The number of amides is 1. The molecule has 0 aromatic heterocycles. The van der Waals surface area contributed by atoms with Crippen LogP contribution in [0.5, 0.6) is 0 Å². The molecule has 3 fully saturated rings. The third kappa shape index (κ3) is 4.23. The standard InChI is InChI=1S/C22H32N2O4S/c1-16-14-23(15-17(2)28-16)29(26,27)20-11-9-19(10-12-20)22(25)24-13-5-7-18-6-3-4-8-21(18)24/h9-12,16-18,21H,3-8,13-15H2,1-2H3/t16-,17-,18+,21-/m1/s1. The van der Waals surface area contributed by atoms with Crippen molar-refractivity contribution in [1.82, 2.24) is 9.21 Å². The molecule has 6 nitrogen and oxygen atoms in total. The molecule has 7 heteroatoms. The number of carbonyl (C=O) groups is 1. The van der Waals surface area contributed by atoms with Crippen molar-refractivity contribution in [2.24, 2.45) is 5.92 Å². The Balaban J connectivity index is 1.50. The van der Waals surface area contributed by atoms with E-state index in [1.165, 1.54) is 30.0 Å². The first kappa shape index (κ1) is 20.8. The number of sulfonamides is 1. The molecule has 1 saturated carbocycles. The first-order valence-electron chi connectivity index (χ1n) is 10.9. The minimum absolute atomic E-state index is 0.0409. The Hall–Kier alpha value is -1.44. The fourth-order valence-corrected chi connectivity index (χ4v) is 6.88. The Bertz CT molecular complexity index is 827. The molecular weight excluding hydrogens is 388 g/mol. The fourth-order valence-electron chi connectivity index (χ4n) is 5.29. The van der Waals surface area contributed by atoms with Gasteiger partial charge in [0.05, 0.1) is 17.1 Å². The second-order valence-corrected chi connectivity index (χ2v) is 10.8. The van der Waals surface area contributed by atoms with Crippen LogP contribution in [0.3, 0.4) is 0 Å². The van der Waals surface area contributed by atoms with Gasteiger partial charge in [-0.05, 0) is 69.7 Å². The molecule has 0 radical (unpaired) electrons. The van der Waals surface area contributed by atoms with E-state index in [2.05, 4.69) is 0 Å². The van der Waals surface area contributed by atoms with Crippen LogP contribution in [0.2, 0.25) is 0 Å². The van der Waals surface area contributed by atoms with Crippen LogP contribution in [0, 0.1) is 5.92 Å². The van der Waals surface area contributed by atoms with E-state index >= 15 is 0 Å². The molecule has 4 rings (SSSR count). The summed E-state index contributed by atoms with van der Waals surface area (Å²) >= 11 is 0. The molecule has 4 atom stereocenters. The lowest BCUT2D eigenvalue weighted by Crippen LogP contribution is -2.49. The van der Waals surface area contributed by atoms with Gasteiger partial charge in [0.25, 0.3) is 5.91 Å². The molecule has 29 heavy (non-hydrogen) atoms. The normalized spacial score (nSPS) is 31.3. The molecule has 1 aliphatic carbocycles. The molecule has 2 saturated heterocycles. The van der Waals surface area contributed by atoms with E-state index in [9.17, 15) is 13.2 Å². The van der Waals surface area contributed by atoms with E-state index in [-0.39, 0.29) is 23.0 Å². The topological polar surface area (TPSA) is 66.9 Å². The van der Waals surface area contributed by atoms with E-state index < -0.39 is 10.0 Å². The van der Waals surface area contributed by atoms with Crippen molar-refractivity contribution in [2.75, 3.05) is 19.6 Å². The summed E-state index contributed by atoms with van der Waals surface area (Å²) < 4.78 is 33.2. The SMILES string of the molecule is C[C@@H]1CN(S(=O)(=O)c2ccc(C(=O)N3CCC[C@@H]4CCCC[C@H]43)cc2)C[C@@H](C)O1. The Kier molecular flexibility index (Phi) is 6.00. The van der Waals surface area contributed by atoms with Gasteiger partial charge in [0.15, 0.2) is 0 Å². The van der Waals surface area contributed by atoms with Crippen molar-refractivity contribution >= 4 is 15.9 Å². The van der Waals surface area contributed by atoms with Gasteiger partial charge in [-0.2, -0.15) is 4.31 Å². The van der Waals surface area contributed by atoms with Gasteiger partial charge in [0, 0.05) is 31.2 Å². The molecule has 0 spiro atoms. The van der Waals surface area contributed by atoms with Gasteiger partial charge in [-0.3, -0.25) is 4.79 Å². The summed E-state index contributed by atoms with van der Waals surface area (Å²) in [6.07, 6.45) is 6.81. The zero-order valence-corrected chi connectivity index (χ0v) is 18.2. The van der Waals surface area contributed by atoms with Crippen molar-refractivity contribution in [3.8, 4) is 0 Å². The number of fused-ring (bicyclic) bond motifs is 1. The Morgan fingerprint density at radius 3 is 2.28 bits per heavy atom. The summed E-state index contributed by atoms with van der Waals surface area (Å²) in [5.41, 5.74) is 0.582. The van der Waals surface area contributed by atoms with Gasteiger partial charge >= 0.3 is 0 Å².